The predicted molar refractivity (Wildman–Crippen MR) is 136 cm³/mol. The van der Waals surface area contributed by atoms with Crippen molar-refractivity contribution in [1.29, 1.82) is 10.5 Å². The number of pyridine rings is 4. The van der Waals surface area contributed by atoms with Crippen molar-refractivity contribution in [3.63, 3.8) is 0 Å². The van der Waals surface area contributed by atoms with Crippen LogP contribution >= 0.6 is 0 Å². The molecule has 12 nitrogen and oxygen atoms in total. The van der Waals surface area contributed by atoms with Gasteiger partial charge in [-0.25, -0.2) is 19.9 Å². The first-order chi connectivity index (χ1) is 17.7. The molecule has 0 spiro atoms. The maximum atomic E-state index is 7.43. The summed E-state index contributed by atoms with van der Waals surface area (Å²) in [6.07, 6.45) is 9.53. The summed E-state index contributed by atoms with van der Waals surface area (Å²) in [7, 11) is 0. The quantitative estimate of drug-likeness (QED) is 0.211. The summed E-state index contributed by atoms with van der Waals surface area (Å²) in [4.78, 5) is 21.7. The van der Waals surface area contributed by atoms with Crippen LogP contribution in [0.2, 0.25) is 0 Å². The summed E-state index contributed by atoms with van der Waals surface area (Å²) in [5.74, 6) is 3.23. The Morgan fingerprint density at radius 1 is 0.541 bits per heavy atom. The van der Waals surface area contributed by atoms with Crippen molar-refractivity contribution in [2.45, 2.75) is 0 Å². The van der Waals surface area contributed by atoms with Crippen LogP contribution in [-0.2, 0) is 16.5 Å². The third-order valence-electron chi connectivity index (χ3n) is 3.37. The van der Waals surface area contributed by atoms with Gasteiger partial charge in [0.2, 0.25) is 0 Å². The van der Waals surface area contributed by atoms with Crippen molar-refractivity contribution in [2.75, 3.05) is 10.6 Å². The molecule has 0 atom stereocenters. The molecule has 0 amide bonds. The minimum absolute atomic E-state index is 0. The van der Waals surface area contributed by atoms with Crippen molar-refractivity contribution in [3.8, 4) is 12.4 Å². The molecule has 2 N–H and O–H groups in total. The molecule has 13 heteroatoms. The van der Waals surface area contributed by atoms with E-state index in [2.05, 4.69) is 40.6 Å². The summed E-state index contributed by atoms with van der Waals surface area (Å²) >= 11 is 0. The smallest absolute Gasteiger partial charge is 0.422 e. The molecule has 4 rings (SSSR count). The Morgan fingerprint density at radius 3 is 0.946 bits per heavy atom. The first-order valence-electron chi connectivity index (χ1n) is 9.87. The zero-order valence-electron chi connectivity index (χ0n) is 19.0. The first kappa shape index (κ1) is 31.4. The molecule has 184 valence electrons. The first-order valence-corrected chi connectivity index (χ1v) is 9.87. The number of hydrogen-bond donors (Lipinski definition) is 2. The van der Waals surface area contributed by atoms with E-state index in [1.165, 1.54) is 24.4 Å². The number of nitriles is 2. The van der Waals surface area contributed by atoms with E-state index in [9.17, 15) is 0 Å². The number of aliphatic imine (C=N–C) groups is 2. The summed E-state index contributed by atoms with van der Waals surface area (Å²) in [6.45, 7) is 0. The Balaban J connectivity index is 0.000000510. The van der Waals surface area contributed by atoms with Crippen molar-refractivity contribution >= 4 is 35.3 Å². The van der Waals surface area contributed by atoms with E-state index in [-0.39, 0.29) is 16.5 Å². The molecule has 4 aromatic heterocycles. The summed E-state index contributed by atoms with van der Waals surface area (Å²) in [5, 5.41) is 35.9. The number of aromatic nitrogens is 4. The zero-order chi connectivity index (χ0) is 26.1. The number of hydrogen-bond acceptors (Lipinski definition) is 10. The van der Waals surface area contributed by atoms with E-state index in [0.29, 0.717) is 0 Å². The van der Waals surface area contributed by atoms with Crippen LogP contribution in [0, 0.1) is 22.9 Å². The molecule has 0 bridgehead atoms. The molecule has 0 radical (unpaired) electrons. The second-order valence-electron chi connectivity index (χ2n) is 5.73. The minimum atomic E-state index is 0. The third-order valence-corrected chi connectivity index (χ3v) is 3.37. The Hall–Kier alpha value is -5.57. The fourth-order valence-corrected chi connectivity index (χ4v) is 2.05. The maximum Gasteiger partial charge on any atom is 2.00 e. The average molecular weight is 533 g/mol. The Labute approximate surface area is 223 Å². The van der Waals surface area contributed by atoms with Gasteiger partial charge in [0.05, 0.1) is 12.4 Å². The van der Waals surface area contributed by atoms with Crippen molar-refractivity contribution in [2.24, 2.45) is 9.98 Å². The fraction of sp³-hybridized carbons (Fsp3) is 0. The summed E-state index contributed by atoms with van der Waals surface area (Å²) in [5.41, 5.74) is 0. The van der Waals surface area contributed by atoms with E-state index in [0.717, 1.165) is 23.3 Å². The van der Waals surface area contributed by atoms with Crippen molar-refractivity contribution < 1.29 is 16.5 Å². The van der Waals surface area contributed by atoms with Crippen LogP contribution in [0.15, 0.2) is 108 Å². The minimum Gasteiger partial charge on any atom is -0.422 e. The van der Waals surface area contributed by atoms with Crippen LogP contribution in [0.4, 0.5) is 23.3 Å². The van der Waals surface area contributed by atoms with Crippen LogP contribution in [0.5, 0.6) is 0 Å². The standard InChI is InChI=1S/2C10H9N3.2C2N3.Ni/c2*1-3-7-11-9(5-1)13-10-6-2-4-8-12-10;2*3-1-5-2-4;/h2*1-8H,(H,11,12,13);;;/q;;2*-1;+2. The van der Waals surface area contributed by atoms with Gasteiger partial charge >= 0.3 is 16.5 Å². The monoisotopic (exact) mass is 532 g/mol. The van der Waals surface area contributed by atoms with Crippen LogP contribution < -0.4 is 10.6 Å². The van der Waals surface area contributed by atoms with Gasteiger partial charge in [0.25, 0.3) is 0 Å². The predicted octanol–water partition coefficient (Wildman–Crippen LogP) is 4.86. The molecule has 4 aromatic rings. The van der Waals surface area contributed by atoms with Gasteiger partial charge in [-0.1, -0.05) is 24.3 Å². The van der Waals surface area contributed by atoms with E-state index < -0.39 is 0 Å². The Bertz CT molecular complexity index is 1120. The molecular weight excluding hydrogens is 515 g/mol. The third kappa shape index (κ3) is 16.7. The van der Waals surface area contributed by atoms with Gasteiger partial charge in [0, 0.05) is 24.8 Å². The molecule has 0 aliphatic heterocycles. The normalized spacial score (nSPS) is 7.73. The molecule has 0 aromatic carbocycles. The van der Waals surface area contributed by atoms with Crippen LogP contribution in [0.3, 0.4) is 0 Å². The molecule has 0 aliphatic carbocycles. The van der Waals surface area contributed by atoms with Gasteiger partial charge in [-0.15, -0.1) is 12.0 Å². The van der Waals surface area contributed by atoms with Crippen molar-refractivity contribution in [1.82, 2.24) is 19.9 Å². The van der Waals surface area contributed by atoms with E-state index in [1.807, 2.05) is 72.8 Å². The summed E-state index contributed by atoms with van der Waals surface area (Å²) in [6, 6.07) is 25.4. The van der Waals surface area contributed by atoms with Gasteiger partial charge in [-0.2, -0.15) is 10.5 Å². The van der Waals surface area contributed by atoms with Gasteiger partial charge in [0.1, 0.15) is 23.3 Å². The van der Waals surface area contributed by atoms with Crippen molar-refractivity contribution in [3.05, 3.63) is 108 Å². The Kier molecular flexibility index (Phi) is 18.9. The Morgan fingerprint density at radius 2 is 0.811 bits per heavy atom. The molecular formula is C24H18N12Ni. The van der Waals surface area contributed by atoms with E-state index in [1.54, 1.807) is 24.8 Å². The second kappa shape index (κ2) is 22.2. The number of nitrogens with one attached hydrogen (secondary N) is 2. The molecule has 0 saturated heterocycles. The van der Waals surface area contributed by atoms with Gasteiger partial charge in [0.15, 0.2) is 0 Å². The van der Waals surface area contributed by atoms with Gasteiger partial charge in [-0.3, -0.25) is 0 Å². The molecule has 0 fully saturated rings. The maximum absolute atomic E-state index is 7.43. The molecule has 37 heavy (non-hydrogen) atoms. The fourth-order valence-electron chi connectivity index (χ4n) is 2.05. The number of nitrogens with zero attached hydrogens (tertiary/aromatic N) is 10. The zero-order valence-corrected chi connectivity index (χ0v) is 20.0. The van der Waals surface area contributed by atoms with Crippen LogP contribution in [0.1, 0.15) is 0 Å². The topological polar surface area (TPSA) is 193 Å². The molecule has 0 aliphatic rings. The number of anilines is 4. The summed E-state index contributed by atoms with van der Waals surface area (Å²) < 4.78 is 0. The molecule has 0 unspecified atom stereocenters. The van der Waals surface area contributed by atoms with E-state index in [4.69, 9.17) is 21.3 Å². The number of rotatable bonds is 4. The molecule has 0 saturated carbocycles. The largest absolute Gasteiger partial charge is 2.00 e. The SMILES string of the molecule is N#CN=C=[N-].N#CN=C=[N-].[Ni+2].c1ccc(Nc2ccccn2)nc1.c1ccc(Nc2ccccn2)nc1. The average Bonchev–Trinajstić information content (AvgIpc) is 2.93. The van der Waals surface area contributed by atoms with Gasteiger partial charge in [-0.05, 0) is 48.5 Å². The van der Waals surface area contributed by atoms with Crippen LogP contribution in [-0.4, -0.2) is 32.0 Å². The van der Waals surface area contributed by atoms with E-state index >= 15 is 0 Å². The van der Waals surface area contributed by atoms with Crippen LogP contribution in [0.25, 0.3) is 10.8 Å². The molecule has 4 heterocycles. The van der Waals surface area contributed by atoms with Gasteiger partial charge < -0.3 is 31.4 Å². The second-order valence-corrected chi connectivity index (χ2v) is 5.73.